The van der Waals surface area contributed by atoms with E-state index in [9.17, 15) is 81.3 Å². The Labute approximate surface area is 744 Å². The number of aliphatic imine (C=N–C) groups is 2. The number of aromatic nitrogens is 9. The Kier molecular flexibility index (Phi) is 50.5. The van der Waals surface area contributed by atoms with Crippen molar-refractivity contribution in [3.05, 3.63) is 128 Å². The number of alkyl halides is 2. The highest BCUT2D eigenvalue weighted by Crippen LogP contribution is 2.25. The molecule has 0 saturated carbocycles. The van der Waals surface area contributed by atoms with E-state index < -0.39 is 170 Å². The standard InChI is InChI=1S/C37H53FN14O8.C32H46N14O8.C5H7F.C4H7N3O3/c1-60-22-30(51-20-24(47-49-51)11-7-14-38)35(58)41-15-6-5-13-29-36(59)45-25(12-8-16-42-37(39)40)33(56)43-19-31(53)44-27(18-32(54)55)34(57)46-26(28-21-52(29)50-48-28)17-23-9-3-2-4-10-23;1-54-18-24(42-44-35)29(51)36-12-6-5-11-25-31(53)40-20(10-7-13-37-32(33)34)28(50)38-16-26(47)39-22(15-27(48)49)30(52)41-21(23-17-46(25)45-43-23)14-19-8-3-2-4-9-19;1-2-3-4-5-6;1-10-2-3(4(8)9)6-7-5/h2-4,9-10,20-21,25-27,29-30H,5-8,11-19,22H2,1H3,(H,41,58)(H,43,56)(H,44,53)(H,45,59)(H,46,57)(H,54,55)(H4,39,40,42);2-4,8-9,17,20-22,24-25H,5-7,10-16,18H2,1H3,(H,36,51)(H,38,50)(H,39,47)(H,40,53)(H,41,52)(H,48,49)(H4,33,34,37);1H,3-5H2;3H,2H2,1H3,(H,8,9)/t25-,26-,27-,29-,30?;20-,21-,22-,24?,25-;;/m00../s1. The number of nitrogens with zero attached hydrogens (tertiary/aromatic N) is 17. The maximum atomic E-state index is 14.1. The van der Waals surface area contributed by atoms with Crippen molar-refractivity contribution in [1.82, 2.24) is 98.1 Å². The van der Waals surface area contributed by atoms with Gasteiger partial charge in [-0.25, -0.2) is 14.0 Å². The SMILES string of the molecule is C#CCCCF.COCC(C(=O)NCCCC[C@H]1C(=O)N[C@@H](CCCN=C(N)N)C(=O)NCC(=O)N[C@@H](CC(=O)O)C(=O)N[C@@H](Cc2ccccc2)c2cn1nn2)n1cc(CCCF)nn1.COCC(N=[N+]=[N-])C(=O)NCCCC[C@H]1C(=O)N[C@@H](CCCN=C(N)N)C(=O)NCC(=O)N[C@@H](CC(=O)O)C(=O)N[C@@H](Cc2ccccc2)c2cn1nn2.COCC(N=[N+]=[N-])C(=O)O. The average Bonchev–Trinajstić information content (AvgIpc) is 1.70. The van der Waals surface area contributed by atoms with Gasteiger partial charge in [-0.2, -0.15) is 0 Å². The van der Waals surface area contributed by atoms with Crippen molar-refractivity contribution in [1.29, 1.82) is 0 Å². The van der Waals surface area contributed by atoms with E-state index in [-0.39, 0.29) is 140 Å². The molecular weight excluding hydrogens is 1710 g/mol. The minimum Gasteiger partial charge on any atom is -0.481 e. The Hall–Kier alpha value is -14.6. The number of carboxylic acids is 3. The van der Waals surface area contributed by atoms with Gasteiger partial charge in [0.2, 0.25) is 59.1 Å². The molecule has 5 heterocycles. The summed E-state index contributed by atoms with van der Waals surface area (Å²) in [5, 5.41) is 85.1. The van der Waals surface area contributed by atoms with Crippen LogP contribution in [0.5, 0.6) is 0 Å². The summed E-state index contributed by atoms with van der Waals surface area (Å²) >= 11 is 0. The maximum Gasteiger partial charge on any atom is 0.314 e. The summed E-state index contributed by atoms with van der Waals surface area (Å²) in [4.78, 5) is 180. The van der Waals surface area contributed by atoms with E-state index >= 15 is 0 Å². The quantitative estimate of drug-likeness (QED) is 0.00412. The van der Waals surface area contributed by atoms with Gasteiger partial charge in [-0.15, -0.1) is 27.6 Å². The largest absolute Gasteiger partial charge is 0.481 e. The maximum absolute atomic E-state index is 14.1. The summed E-state index contributed by atoms with van der Waals surface area (Å²) in [6, 6.07) is 5.96. The van der Waals surface area contributed by atoms with Crippen LogP contribution in [0.1, 0.15) is 155 Å². The van der Waals surface area contributed by atoms with Gasteiger partial charge in [0, 0.05) is 69.9 Å². The van der Waals surface area contributed by atoms with Crippen molar-refractivity contribution in [3.8, 4) is 12.3 Å². The number of carboxylic acid groups (broad SMARTS) is 3. The third-order valence-electron chi connectivity index (χ3n) is 18.8. The summed E-state index contributed by atoms with van der Waals surface area (Å²) in [6.45, 7) is -1.58. The van der Waals surface area contributed by atoms with Crippen LogP contribution >= 0.6 is 0 Å². The first-order valence-corrected chi connectivity index (χ1v) is 41.0. The van der Waals surface area contributed by atoms with Gasteiger partial charge in [0.05, 0.1) is 89.3 Å². The molecule has 2 aliphatic heterocycles. The van der Waals surface area contributed by atoms with E-state index in [1.165, 1.54) is 47.8 Å². The molecule has 21 N–H and O–H groups in total. The normalized spacial score (nSPS) is 18.4. The van der Waals surface area contributed by atoms with Crippen molar-refractivity contribution >= 4 is 88.9 Å². The lowest BCUT2D eigenvalue weighted by Gasteiger charge is -2.24. The van der Waals surface area contributed by atoms with Gasteiger partial charge in [0.15, 0.2) is 24.0 Å². The molecule has 11 atom stereocenters. The number of aryl methyl sites for hydroxylation is 1. The highest BCUT2D eigenvalue weighted by molar-refractivity contribution is 5.96. The Balaban J connectivity index is 0.000000466. The monoisotopic (exact) mass is 1830 g/mol. The number of methoxy groups -OCH3 is 3. The Morgan fingerprint density at radius 1 is 0.531 bits per heavy atom. The Morgan fingerprint density at radius 3 is 1.36 bits per heavy atom. The number of guanidine groups is 2. The summed E-state index contributed by atoms with van der Waals surface area (Å²) in [5.41, 5.74) is 40.9. The second-order valence-electron chi connectivity index (χ2n) is 28.9. The molecule has 2 aliphatic rings. The lowest BCUT2D eigenvalue weighted by atomic mass is 10.0. The number of terminal acetylenes is 1. The minimum absolute atomic E-state index is 0.00588. The van der Waals surface area contributed by atoms with E-state index in [0.717, 1.165) is 11.1 Å². The fourth-order valence-electron chi connectivity index (χ4n) is 12.4. The molecule has 0 spiro atoms. The topological polar surface area (TPSA) is 749 Å². The van der Waals surface area contributed by atoms with Crippen LogP contribution in [0.2, 0.25) is 0 Å². The van der Waals surface area contributed by atoms with Crippen molar-refractivity contribution in [2.75, 3.05) is 93.8 Å². The molecule has 3 aromatic heterocycles. The van der Waals surface area contributed by atoms with E-state index in [0.29, 0.717) is 50.6 Å². The molecule has 0 saturated heterocycles. The third-order valence-corrected chi connectivity index (χ3v) is 18.8. The number of hydrogen-bond donors (Lipinski definition) is 17. The van der Waals surface area contributed by atoms with Crippen LogP contribution in [0.3, 0.4) is 0 Å². The summed E-state index contributed by atoms with van der Waals surface area (Å²) in [5.74, 6) is -8.78. The van der Waals surface area contributed by atoms with Gasteiger partial charge in [0.1, 0.15) is 53.7 Å². The number of aliphatic carboxylic acids is 3. The molecule has 130 heavy (non-hydrogen) atoms. The number of amides is 10. The predicted molar refractivity (Wildman–Crippen MR) is 458 cm³/mol. The van der Waals surface area contributed by atoms with Crippen LogP contribution in [0, 0.1) is 12.3 Å². The highest BCUT2D eigenvalue weighted by atomic mass is 19.1. The number of azide groups is 2. The number of carbonyl (C=O) groups excluding carboxylic acids is 10. The van der Waals surface area contributed by atoms with Gasteiger partial charge in [0.25, 0.3) is 0 Å². The number of benzene rings is 2. The van der Waals surface area contributed by atoms with Crippen molar-refractivity contribution < 1.29 is 101 Å². The van der Waals surface area contributed by atoms with Gasteiger partial charge in [-0.3, -0.25) is 81.1 Å². The van der Waals surface area contributed by atoms with E-state index in [1.807, 2.05) is 36.4 Å². The number of carbonyl (C=O) groups is 13. The molecule has 4 bridgehead atoms. The molecule has 0 radical (unpaired) electrons. The number of unbranched alkanes of at least 4 members (excludes halogenated alkanes) is 3. The zero-order valence-electron chi connectivity index (χ0n) is 72.0. The molecule has 3 unspecified atom stereocenters. The van der Waals surface area contributed by atoms with Crippen molar-refractivity contribution in [2.24, 2.45) is 43.1 Å². The molecule has 708 valence electrons. The van der Waals surface area contributed by atoms with Crippen LogP contribution in [0.25, 0.3) is 20.9 Å². The van der Waals surface area contributed by atoms with Gasteiger partial charge < -0.3 is 106 Å². The third kappa shape index (κ3) is 41.3. The number of ether oxygens (including phenoxy) is 3. The number of fused-ring (bicyclic) bond motifs is 4. The van der Waals surface area contributed by atoms with E-state index in [1.54, 1.807) is 30.5 Å². The van der Waals surface area contributed by atoms with Gasteiger partial charge >= 0.3 is 17.9 Å². The smallest absolute Gasteiger partial charge is 0.314 e. The van der Waals surface area contributed by atoms with Crippen LogP contribution in [-0.2, 0) is 95.8 Å². The number of rotatable bonds is 43. The van der Waals surface area contributed by atoms with E-state index in [4.69, 9.17) is 55.0 Å². The lowest BCUT2D eigenvalue weighted by Crippen LogP contribution is -2.53. The summed E-state index contributed by atoms with van der Waals surface area (Å²) < 4.78 is 42.4. The zero-order chi connectivity index (χ0) is 95.7. The molecule has 2 aromatic carbocycles. The minimum atomic E-state index is -1.51. The first-order valence-electron chi connectivity index (χ1n) is 41.0. The first kappa shape index (κ1) is 108. The summed E-state index contributed by atoms with van der Waals surface area (Å²) in [6.07, 6.45) is 12.5. The van der Waals surface area contributed by atoms with Crippen LogP contribution in [0.15, 0.2) is 99.5 Å². The second-order valence-corrected chi connectivity index (χ2v) is 28.9. The second kappa shape index (κ2) is 60.9. The highest BCUT2D eigenvalue weighted by Gasteiger charge is 2.36. The Morgan fingerprint density at radius 2 is 0.962 bits per heavy atom. The molecule has 50 nitrogen and oxygen atoms in total. The molecule has 0 aliphatic carbocycles. The number of halogens is 2. The number of nitrogens with one attached hydrogen (secondary N) is 10. The fourth-order valence-corrected chi connectivity index (χ4v) is 12.4. The number of nitrogens with two attached hydrogens (primary N) is 4. The fraction of sp³-hybridized carbons (Fsp3) is 0.551. The van der Waals surface area contributed by atoms with Crippen molar-refractivity contribution in [3.63, 3.8) is 0 Å². The lowest BCUT2D eigenvalue weighted by molar-refractivity contribution is -0.141. The molecular formula is C78H113F2N31O19. The summed E-state index contributed by atoms with van der Waals surface area (Å²) in [7, 11) is 4.15. The zero-order valence-corrected chi connectivity index (χ0v) is 72.0. The molecule has 5 aromatic rings. The molecule has 7 rings (SSSR count). The van der Waals surface area contributed by atoms with Gasteiger partial charge in [-0.1, -0.05) is 86.5 Å². The molecule has 52 heteroatoms. The van der Waals surface area contributed by atoms with Crippen molar-refractivity contribution in [2.45, 2.75) is 182 Å². The number of hydrogen-bond acceptors (Lipinski definition) is 26. The molecule has 10 amide bonds. The molecule has 0 fully saturated rings. The van der Waals surface area contributed by atoms with Crippen LogP contribution in [0.4, 0.5) is 8.78 Å². The van der Waals surface area contributed by atoms with Crippen LogP contribution in [-0.4, -0.2) is 279 Å². The van der Waals surface area contributed by atoms with Crippen LogP contribution < -0.4 is 76.1 Å². The Bertz CT molecular complexity index is 4650. The first-order chi connectivity index (χ1) is 62.4. The average molecular weight is 1830 g/mol. The van der Waals surface area contributed by atoms with Gasteiger partial charge in [-0.05, 0) is 119 Å². The predicted octanol–water partition coefficient (Wildman–Crippen LogP) is -1.26. The van der Waals surface area contributed by atoms with E-state index in [2.05, 4.69) is 125 Å².